The number of pyridine rings is 1. The van der Waals surface area contributed by atoms with Crippen LogP contribution in [0.5, 0.6) is 0 Å². The Morgan fingerprint density at radius 3 is 2.65 bits per heavy atom. The lowest BCUT2D eigenvalue weighted by atomic mass is 10.1. The molecule has 0 N–H and O–H groups in total. The normalized spacial score (nSPS) is 12.2. The molecule has 1 unspecified atom stereocenters. The van der Waals surface area contributed by atoms with E-state index in [1.165, 1.54) is 0 Å². The van der Waals surface area contributed by atoms with Crippen LogP contribution in [0, 0.1) is 0 Å². The van der Waals surface area contributed by atoms with Gasteiger partial charge < -0.3 is 4.90 Å². The number of nitrogens with zero attached hydrogens (tertiary/aromatic N) is 2. The summed E-state index contributed by atoms with van der Waals surface area (Å²) in [6.07, 6.45) is 5.81. The second kappa shape index (κ2) is 7.28. The van der Waals surface area contributed by atoms with Gasteiger partial charge in [0, 0.05) is 31.7 Å². The second-order valence-corrected chi connectivity index (χ2v) is 4.49. The molecule has 0 aliphatic carbocycles. The van der Waals surface area contributed by atoms with Crippen LogP contribution in [0.25, 0.3) is 0 Å². The Hall–Kier alpha value is -1.09. The minimum Gasteiger partial charge on any atom is -0.339 e. The molecule has 1 aromatic rings. The fraction of sp³-hybridized carbons (Fsp3) is 0.538. The van der Waals surface area contributed by atoms with Crippen molar-refractivity contribution in [3.8, 4) is 0 Å². The Morgan fingerprint density at radius 1 is 1.41 bits per heavy atom. The molecule has 0 spiro atoms. The van der Waals surface area contributed by atoms with Gasteiger partial charge in [-0.1, -0.05) is 0 Å². The average molecular weight is 255 g/mol. The predicted molar refractivity (Wildman–Crippen MR) is 70.0 cm³/mol. The lowest BCUT2D eigenvalue weighted by molar-refractivity contribution is -0.131. The molecule has 94 valence electrons. The summed E-state index contributed by atoms with van der Waals surface area (Å²) >= 11 is 5.59. The predicted octanol–water partition coefficient (Wildman–Crippen LogP) is 3.01. The number of carbonyl (C=O) groups is 1. The lowest BCUT2D eigenvalue weighted by Crippen LogP contribution is -2.29. The first-order chi connectivity index (χ1) is 8.16. The molecule has 1 rings (SSSR count). The first kappa shape index (κ1) is 14.0. The van der Waals surface area contributed by atoms with Crippen molar-refractivity contribution in [2.75, 3.05) is 12.9 Å². The topological polar surface area (TPSA) is 33.2 Å². The van der Waals surface area contributed by atoms with E-state index in [0.29, 0.717) is 12.3 Å². The number of hydrogen-bond donors (Lipinski definition) is 0. The van der Waals surface area contributed by atoms with Crippen LogP contribution in [-0.2, 0) is 4.79 Å². The highest BCUT2D eigenvalue weighted by Crippen LogP contribution is 2.18. The van der Waals surface area contributed by atoms with Gasteiger partial charge in [0.05, 0.1) is 6.04 Å². The van der Waals surface area contributed by atoms with Gasteiger partial charge in [-0.2, -0.15) is 0 Å². The van der Waals surface area contributed by atoms with E-state index >= 15 is 0 Å². The van der Waals surface area contributed by atoms with E-state index in [1.807, 2.05) is 26.1 Å². The molecule has 1 atom stereocenters. The van der Waals surface area contributed by atoms with Crippen LogP contribution in [-0.4, -0.2) is 28.7 Å². The van der Waals surface area contributed by atoms with Crippen molar-refractivity contribution in [3.63, 3.8) is 0 Å². The number of unbranched alkanes of at least 4 members (excludes halogenated alkanes) is 1. The average Bonchev–Trinajstić information content (AvgIpc) is 2.38. The molecular formula is C13H19ClN2O. The highest BCUT2D eigenvalue weighted by Gasteiger charge is 2.16. The van der Waals surface area contributed by atoms with Crippen molar-refractivity contribution >= 4 is 17.5 Å². The van der Waals surface area contributed by atoms with E-state index in [1.54, 1.807) is 17.3 Å². The Balaban J connectivity index is 2.51. The van der Waals surface area contributed by atoms with E-state index in [0.717, 1.165) is 18.4 Å². The number of rotatable bonds is 6. The molecule has 0 aromatic carbocycles. The summed E-state index contributed by atoms with van der Waals surface area (Å²) in [6, 6.07) is 3.96. The summed E-state index contributed by atoms with van der Waals surface area (Å²) in [4.78, 5) is 17.7. The standard InChI is InChI=1S/C13H19ClN2O/c1-11(12-6-9-15-10-7-12)16(2)13(17)5-3-4-8-14/h6-7,9-11H,3-5,8H2,1-2H3. The van der Waals surface area contributed by atoms with Gasteiger partial charge in [0.2, 0.25) is 5.91 Å². The van der Waals surface area contributed by atoms with E-state index < -0.39 is 0 Å². The maximum absolute atomic E-state index is 11.9. The summed E-state index contributed by atoms with van der Waals surface area (Å²) in [6.45, 7) is 2.02. The third-order valence-corrected chi connectivity index (χ3v) is 3.20. The van der Waals surface area contributed by atoms with Crippen LogP contribution in [0.2, 0.25) is 0 Å². The van der Waals surface area contributed by atoms with Crippen molar-refractivity contribution in [1.29, 1.82) is 0 Å². The molecule has 0 saturated carbocycles. The molecule has 0 bridgehead atoms. The van der Waals surface area contributed by atoms with Crippen molar-refractivity contribution < 1.29 is 4.79 Å². The SMILES string of the molecule is CC(c1ccncc1)N(C)C(=O)CCCCCl. The molecule has 3 nitrogen and oxygen atoms in total. The van der Waals surface area contributed by atoms with Crippen LogP contribution < -0.4 is 0 Å². The first-order valence-corrected chi connectivity index (χ1v) is 6.41. The van der Waals surface area contributed by atoms with Crippen molar-refractivity contribution in [2.45, 2.75) is 32.2 Å². The largest absolute Gasteiger partial charge is 0.339 e. The fourth-order valence-electron chi connectivity index (χ4n) is 1.63. The van der Waals surface area contributed by atoms with Gasteiger partial charge in [-0.3, -0.25) is 9.78 Å². The number of aromatic nitrogens is 1. The molecule has 4 heteroatoms. The van der Waals surface area contributed by atoms with Gasteiger partial charge >= 0.3 is 0 Å². The zero-order valence-corrected chi connectivity index (χ0v) is 11.2. The molecule has 1 aromatic heterocycles. The van der Waals surface area contributed by atoms with Gasteiger partial charge in [-0.15, -0.1) is 11.6 Å². The Kier molecular flexibility index (Phi) is 5.98. The van der Waals surface area contributed by atoms with Crippen molar-refractivity contribution in [2.24, 2.45) is 0 Å². The maximum Gasteiger partial charge on any atom is 0.222 e. The summed E-state index contributed by atoms with van der Waals surface area (Å²) in [5, 5.41) is 0. The zero-order chi connectivity index (χ0) is 12.7. The highest BCUT2D eigenvalue weighted by atomic mass is 35.5. The minimum absolute atomic E-state index is 0.0847. The third kappa shape index (κ3) is 4.35. The number of hydrogen-bond acceptors (Lipinski definition) is 2. The number of alkyl halides is 1. The number of halogens is 1. The smallest absolute Gasteiger partial charge is 0.222 e. The molecular weight excluding hydrogens is 236 g/mol. The summed E-state index contributed by atoms with van der Waals surface area (Å²) in [5.41, 5.74) is 1.10. The number of amides is 1. The zero-order valence-electron chi connectivity index (χ0n) is 10.4. The van der Waals surface area contributed by atoms with Gasteiger partial charge in [-0.05, 0) is 37.5 Å². The molecule has 1 amide bonds. The quantitative estimate of drug-likeness (QED) is 0.578. The molecule has 0 radical (unpaired) electrons. The maximum atomic E-state index is 11.9. The number of carbonyl (C=O) groups excluding carboxylic acids is 1. The minimum atomic E-state index is 0.0847. The van der Waals surface area contributed by atoms with Crippen LogP contribution in [0.3, 0.4) is 0 Å². The van der Waals surface area contributed by atoms with E-state index in [2.05, 4.69) is 4.98 Å². The van der Waals surface area contributed by atoms with E-state index in [-0.39, 0.29) is 11.9 Å². The van der Waals surface area contributed by atoms with Crippen LogP contribution in [0.1, 0.15) is 37.8 Å². The van der Waals surface area contributed by atoms with Crippen LogP contribution in [0.4, 0.5) is 0 Å². The molecule has 17 heavy (non-hydrogen) atoms. The van der Waals surface area contributed by atoms with Crippen LogP contribution in [0.15, 0.2) is 24.5 Å². The van der Waals surface area contributed by atoms with Gasteiger partial charge in [-0.25, -0.2) is 0 Å². The molecule has 0 fully saturated rings. The molecule has 1 heterocycles. The molecule has 0 saturated heterocycles. The summed E-state index contributed by atoms with van der Waals surface area (Å²) in [7, 11) is 1.84. The summed E-state index contributed by atoms with van der Waals surface area (Å²) < 4.78 is 0. The van der Waals surface area contributed by atoms with Gasteiger partial charge in [0.1, 0.15) is 0 Å². The fourth-order valence-corrected chi connectivity index (χ4v) is 1.82. The van der Waals surface area contributed by atoms with E-state index in [9.17, 15) is 4.79 Å². The molecule has 0 aliphatic heterocycles. The first-order valence-electron chi connectivity index (χ1n) is 5.88. The highest BCUT2D eigenvalue weighted by molar-refractivity contribution is 6.17. The lowest BCUT2D eigenvalue weighted by Gasteiger charge is -2.25. The van der Waals surface area contributed by atoms with Gasteiger partial charge in [0.15, 0.2) is 0 Å². The molecule has 0 aliphatic rings. The summed E-state index contributed by atoms with van der Waals surface area (Å²) in [5.74, 6) is 0.788. The Labute approximate surface area is 108 Å². The van der Waals surface area contributed by atoms with Crippen molar-refractivity contribution in [3.05, 3.63) is 30.1 Å². The monoisotopic (exact) mass is 254 g/mol. The van der Waals surface area contributed by atoms with Crippen LogP contribution >= 0.6 is 11.6 Å². The Bertz CT molecular complexity index is 343. The second-order valence-electron chi connectivity index (χ2n) is 4.11. The van der Waals surface area contributed by atoms with Crippen molar-refractivity contribution in [1.82, 2.24) is 9.88 Å². The van der Waals surface area contributed by atoms with E-state index in [4.69, 9.17) is 11.6 Å². The third-order valence-electron chi connectivity index (χ3n) is 2.94. The van der Waals surface area contributed by atoms with Gasteiger partial charge in [0.25, 0.3) is 0 Å². The Morgan fingerprint density at radius 2 is 2.06 bits per heavy atom.